The first-order chi connectivity index (χ1) is 9.67. The highest BCUT2D eigenvalue weighted by Gasteiger charge is 2.32. The van der Waals surface area contributed by atoms with Crippen molar-refractivity contribution >= 4 is 17.6 Å². The van der Waals surface area contributed by atoms with Gasteiger partial charge in [-0.2, -0.15) is 0 Å². The molecule has 0 heterocycles. The van der Waals surface area contributed by atoms with E-state index in [1.54, 1.807) is 12.2 Å². The van der Waals surface area contributed by atoms with Crippen LogP contribution in [0.15, 0.2) is 59.6 Å². The van der Waals surface area contributed by atoms with E-state index in [0.717, 1.165) is 5.56 Å². The third kappa shape index (κ3) is 2.69. The number of carbonyl (C=O) groups excluding carboxylic acids is 2. The van der Waals surface area contributed by atoms with Gasteiger partial charge in [-0.05, 0) is 11.6 Å². The lowest BCUT2D eigenvalue weighted by Gasteiger charge is -2.04. The quantitative estimate of drug-likeness (QED) is 0.478. The molecule has 0 fully saturated rings. The first-order valence-corrected chi connectivity index (χ1v) is 6.03. The minimum Gasteiger partial charge on any atom is -0.496 e. The number of carbonyl (C=O) groups is 2. The standard InChI is InChI=1S/C16H14O4/c1-19-13(9-8-11-6-4-3-5-7-11)15-12(17)10-14(20-2)16(15)18/h3-10H,1-2H3/b9-8+,15-13+. The maximum Gasteiger partial charge on any atom is 0.235 e. The van der Waals surface area contributed by atoms with Gasteiger partial charge in [0.05, 0.1) is 14.2 Å². The van der Waals surface area contributed by atoms with E-state index in [1.165, 1.54) is 20.3 Å². The van der Waals surface area contributed by atoms with Crippen LogP contribution in [-0.2, 0) is 19.1 Å². The molecule has 0 aliphatic heterocycles. The minimum absolute atomic E-state index is 0.00321. The van der Waals surface area contributed by atoms with Gasteiger partial charge < -0.3 is 9.47 Å². The van der Waals surface area contributed by atoms with Gasteiger partial charge in [-0.25, -0.2) is 0 Å². The Hall–Kier alpha value is -2.62. The van der Waals surface area contributed by atoms with Gasteiger partial charge in [0.25, 0.3) is 0 Å². The molecule has 0 aromatic heterocycles. The van der Waals surface area contributed by atoms with Crippen LogP contribution in [0.25, 0.3) is 6.08 Å². The predicted molar refractivity (Wildman–Crippen MR) is 74.6 cm³/mol. The Morgan fingerprint density at radius 2 is 1.80 bits per heavy atom. The number of benzene rings is 1. The van der Waals surface area contributed by atoms with Crippen LogP contribution in [0.5, 0.6) is 0 Å². The van der Waals surface area contributed by atoms with Crippen LogP contribution in [0.4, 0.5) is 0 Å². The number of hydrogen-bond donors (Lipinski definition) is 0. The second kappa shape index (κ2) is 6.02. The summed E-state index contributed by atoms with van der Waals surface area (Å²) in [5.41, 5.74) is 0.942. The molecule has 0 atom stereocenters. The summed E-state index contributed by atoms with van der Waals surface area (Å²) in [4.78, 5) is 23.8. The molecule has 1 aromatic carbocycles. The Kier molecular flexibility index (Phi) is 4.15. The zero-order chi connectivity index (χ0) is 14.5. The molecule has 0 spiro atoms. The van der Waals surface area contributed by atoms with Gasteiger partial charge in [-0.15, -0.1) is 0 Å². The molecule has 1 aliphatic carbocycles. The van der Waals surface area contributed by atoms with E-state index in [2.05, 4.69) is 0 Å². The summed E-state index contributed by atoms with van der Waals surface area (Å²) >= 11 is 0. The summed E-state index contributed by atoms with van der Waals surface area (Å²) in [5, 5.41) is 0. The van der Waals surface area contributed by atoms with Crippen LogP contribution in [0.3, 0.4) is 0 Å². The Morgan fingerprint density at radius 3 is 2.35 bits per heavy atom. The lowest BCUT2D eigenvalue weighted by Crippen LogP contribution is -2.08. The molecule has 1 aliphatic rings. The van der Waals surface area contributed by atoms with Crippen LogP contribution in [0.1, 0.15) is 5.56 Å². The fraction of sp³-hybridized carbons (Fsp3) is 0.125. The average Bonchev–Trinajstić information content (AvgIpc) is 2.76. The van der Waals surface area contributed by atoms with Gasteiger partial charge in [-0.3, -0.25) is 9.59 Å². The highest BCUT2D eigenvalue weighted by Crippen LogP contribution is 2.22. The van der Waals surface area contributed by atoms with Crippen molar-refractivity contribution in [2.45, 2.75) is 0 Å². The summed E-state index contributed by atoms with van der Waals surface area (Å²) < 4.78 is 10.0. The van der Waals surface area contributed by atoms with E-state index in [-0.39, 0.29) is 17.1 Å². The van der Waals surface area contributed by atoms with E-state index in [0.29, 0.717) is 0 Å². The fourth-order valence-corrected chi connectivity index (χ4v) is 1.87. The monoisotopic (exact) mass is 270 g/mol. The molecule has 0 amide bonds. The summed E-state index contributed by atoms with van der Waals surface area (Å²) in [5.74, 6) is -0.590. The van der Waals surface area contributed by atoms with E-state index in [1.807, 2.05) is 30.3 Å². The van der Waals surface area contributed by atoms with E-state index >= 15 is 0 Å². The van der Waals surface area contributed by atoms with Crippen LogP contribution in [-0.4, -0.2) is 25.8 Å². The van der Waals surface area contributed by atoms with Crippen molar-refractivity contribution in [1.29, 1.82) is 0 Å². The molecule has 0 saturated carbocycles. The SMILES string of the molecule is COC1=CC(=O)/C(=C(/C=C/c2ccccc2)OC)C1=O. The molecule has 4 nitrogen and oxygen atoms in total. The Labute approximate surface area is 117 Å². The Morgan fingerprint density at radius 1 is 1.10 bits per heavy atom. The number of rotatable bonds is 4. The van der Waals surface area contributed by atoms with Gasteiger partial charge in [0.1, 0.15) is 11.3 Å². The first kappa shape index (κ1) is 13.8. The molecule has 0 unspecified atom stereocenters. The molecule has 0 N–H and O–H groups in total. The zero-order valence-corrected chi connectivity index (χ0v) is 11.3. The van der Waals surface area contributed by atoms with Crippen LogP contribution in [0, 0.1) is 0 Å². The third-order valence-corrected chi connectivity index (χ3v) is 2.87. The maximum absolute atomic E-state index is 12.0. The third-order valence-electron chi connectivity index (χ3n) is 2.87. The first-order valence-electron chi connectivity index (χ1n) is 6.03. The van der Waals surface area contributed by atoms with Crippen molar-refractivity contribution in [1.82, 2.24) is 0 Å². The topological polar surface area (TPSA) is 52.6 Å². The number of ether oxygens (including phenoxy) is 2. The highest BCUT2D eigenvalue weighted by atomic mass is 16.5. The van der Waals surface area contributed by atoms with Crippen LogP contribution in [0.2, 0.25) is 0 Å². The molecule has 0 saturated heterocycles. The molecule has 2 rings (SSSR count). The molecule has 0 radical (unpaired) electrons. The summed E-state index contributed by atoms with van der Waals surface area (Å²) in [6.07, 6.45) is 4.55. The number of ketones is 2. The van der Waals surface area contributed by atoms with E-state index in [4.69, 9.17) is 9.47 Å². The van der Waals surface area contributed by atoms with Crippen LogP contribution >= 0.6 is 0 Å². The maximum atomic E-state index is 12.0. The summed E-state index contributed by atoms with van der Waals surface area (Å²) in [7, 11) is 2.77. The normalized spacial score (nSPS) is 17.4. The van der Waals surface area contributed by atoms with Crippen molar-refractivity contribution in [2.24, 2.45) is 0 Å². The van der Waals surface area contributed by atoms with Crippen molar-refractivity contribution in [3.8, 4) is 0 Å². The molecule has 20 heavy (non-hydrogen) atoms. The largest absolute Gasteiger partial charge is 0.496 e. The molecule has 4 heteroatoms. The summed E-state index contributed by atoms with van der Waals surface area (Å²) in [6.45, 7) is 0. The smallest absolute Gasteiger partial charge is 0.235 e. The fourth-order valence-electron chi connectivity index (χ4n) is 1.87. The van der Waals surface area contributed by atoms with Crippen molar-refractivity contribution in [3.05, 3.63) is 65.1 Å². The van der Waals surface area contributed by atoms with Gasteiger partial charge >= 0.3 is 0 Å². The molecule has 0 bridgehead atoms. The van der Waals surface area contributed by atoms with Gasteiger partial charge in [-0.1, -0.05) is 36.4 Å². The van der Waals surface area contributed by atoms with Crippen LogP contribution < -0.4 is 0 Å². The number of methoxy groups -OCH3 is 2. The second-order valence-electron chi connectivity index (χ2n) is 4.09. The van der Waals surface area contributed by atoms with Gasteiger partial charge in [0.2, 0.25) is 5.78 Å². The molecular formula is C16H14O4. The van der Waals surface area contributed by atoms with Crippen molar-refractivity contribution in [2.75, 3.05) is 14.2 Å². The zero-order valence-electron chi connectivity index (χ0n) is 11.3. The number of allylic oxidation sites excluding steroid dienone is 3. The highest BCUT2D eigenvalue weighted by molar-refractivity contribution is 6.35. The molecular weight excluding hydrogens is 256 g/mol. The minimum atomic E-state index is -0.452. The van der Waals surface area contributed by atoms with E-state index in [9.17, 15) is 9.59 Å². The lowest BCUT2D eigenvalue weighted by molar-refractivity contribution is -0.117. The van der Waals surface area contributed by atoms with Crippen molar-refractivity contribution in [3.63, 3.8) is 0 Å². The van der Waals surface area contributed by atoms with Crippen molar-refractivity contribution < 1.29 is 19.1 Å². The Balaban J connectivity index is 2.33. The second-order valence-corrected chi connectivity index (χ2v) is 4.09. The average molecular weight is 270 g/mol. The number of hydrogen-bond acceptors (Lipinski definition) is 4. The van der Waals surface area contributed by atoms with E-state index < -0.39 is 11.6 Å². The van der Waals surface area contributed by atoms with Gasteiger partial charge in [0, 0.05) is 6.08 Å². The molecule has 102 valence electrons. The predicted octanol–water partition coefficient (Wildman–Crippen LogP) is 2.28. The number of Topliss-reactive ketones (excluding diaryl/α,β-unsaturated/α-hetero) is 1. The lowest BCUT2D eigenvalue weighted by atomic mass is 10.1. The summed E-state index contributed by atoms with van der Waals surface area (Å²) in [6, 6.07) is 9.52. The Bertz CT molecular complexity index is 621. The van der Waals surface area contributed by atoms with Gasteiger partial charge in [0.15, 0.2) is 11.5 Å². The molecule has 1 aromatic rings.